The van der Waals surface area contributed by atoms with Gasteiger partial charge in [-0.3, -0.25) is 4.79 Å². The van der Waals surface area contributed by atoms with E-state index in [-0.39, 0.29) is 5.78 Å². The third kappa shape index (κ3) is 4.17. The molecule has 0 aromatic heterocycles. The molecule has 110 valence electrons. The highest BCUT2D eigenvalue weighted by molar-refractivity contribution is 5.96. The van der Waals surface area contributed by atoms with Gasteiger partial charge >= 0.3 is 0 Å². The minimum absolute atomic E-state index is 0.280. The van der Waals surface area contributed by atoms with Crippen molar-refractivity contribution in [2.24, 2.45) is 5.92 Å². The quantitative estimate of drug-likeness (QED) is 0.794. The molecule has 1 saturated heterocycles. The van der Waals surface area contributed by atoms with Crippen LogP contribution in [0.1, 0.15) is 61.9 Å². The van der Waals surface area contributed by atoms with Crippen molar-refractivity contribution in [2.45, 2.75) is 58.4 Å². The Balaban J connectivity index is 1.90. The van der Waals surface area contributed by atoms with Crippen molar-refractivity contribution < 1.29 is 4.79 Å². The number of rotatable bonds is 6. The molecule has 2 nitrogen and oxygen atoms in total. The van der Waals surface area contributed by atoms with E-state index in [0.29, 0.717) is 12.5 Å². The number of piperidine rings is 1. The molecule has 1 heterocycles. The van der Waals surface area contributed by atoms with Crippen LogP contribution in [0.25, 0.3) is 0 Å². The van der Waals surface area contributed by atoms with Crippen molar-refractivity contribution in [3.63, 3.8) is 0 Å². The maximum absolute atomic E-state index is 12.3. The first-order valence-electron chi connectivity index (χ1n) is 8.08. The molecule has 0 aliphatic carbocycles. The standard InChI is InChI=1S/C18H27NO/c1-3-5-15-6-8-16(9-7-15)18(20)13-17-12-14(4-2)10-11-19-17/h6-9,14,17,19H,3-5,10-13H2,1-2H3. The molecule has 2 unspecified atom stereocenters. The fraction of sp³-hybridized carbons (Fsp3) is 0.611. The van der Waals surface area contributed by atoms with E-state index in [9.17, 15) is 4.79 Å². The summed E-state index contributed by atoms with van der Waals surface area (Å²) in [6.07, 6.45) is 6.53. The van der Waals surface area contributed by atoms with Crippen molar-refractivity contribution >= 4 is 5.78 Å². The minimum Gasteiger partial charge on any atom is -0.314 e. The fourth-order valence-electron chi connectivity index (χ4n) is 3.11. The lowest BCUT2D eigenvalue weighted by atomic mass is 9.87. The minimum atomic E-state index is 0.280. The molecule has 2 atom stereocenters. The van der Waals surface area contributed by atoms with E-state index in [1.54, 1.807) is 0 Å². The first kappa shape index (κ1) is 15.2. The van der Waals surface area contributed by atoms with Gasteiger partial charge in [0, 0.05) is 18.0 Å². The van der Waals surface area contributed by atoms with Crippen LogP contribution in [0, 0.1) is 5.92 Å². The highest BCUT2D eigenvalue weighted by atomic mass is 16.1. The monoisotopic (exact) mass is 273 g/mol. The Morgan fingerprint density at radius 2 is 2.00 bits per heavy atom. The summed E-state index contributed by atoms with van der Waals surface area (Å²) >= 11 is 0. The molecular formula is C18H27NO. The highest BCUT2D eigenvalue weighted by Gasteiger charge is 2.22. The molecule has 1 aromatic carbocycles. The molecule has 2 heteroatoms. The largest absolute Gasteiger partial charge is 0.314 e. The average molecular weight is 273 g/mol. The molecule has 1 fully saturated rings. The lowest BCUT2D eigenvalue weighted by molar-refractivity contribution is 0.0957. The Bertz CT molecular complexity index is 424. The van der Waals surface area contributed by atoms with E-state index < -0.39 is 0 Å². The van der Waals surface area contributed by atoms with Gasteiger partial charge in [-0.05, 0) is 37.3 Å². The molecule has 2 rings (SSSR count). The van der Waals surface area contributed by atoms with Gasteiger partial charge < -0.3 is 5.32 Å². The topological polar surface area (TPSA) is 29.1 Å². The first-order valence-corrected chi connectivity index (χ1v) is 8.08. The second-order valence-electron chi connectivity index (χ2n) is 6.02. The normalized spacial score (nSPS) is 22.7. The number of Topliss-reactive ketones (excluding diaryl/α,β-unsaturated/α-hetero) is 1. The molecule has 0 radical (unpaired) electrons. The van der Waals surface area contributed by atoms with Crippen molar-refractivity contribution in [1.29, 1.82) is 0 Å². The Kier molecular flexibility index (Phi) is 5.78. The van der Waals surface area contributed by atoms with E-state index in [1.807, 2.05) is 12.1 Å². The maximum atomic E-state index is 12.3. The number of aryl methyl sites for hydroxylation is 1. The zero-order valence-corrected chi connectivity index (χ0v) is 12.8. The van der Waals surface area contributed by atoms with Gasteiger partial charge in [-0.2, -0.15) is 0 Å². The molecule has 0 saturated carbocycles. The Morgan fingerprint density at radius 3 is 2.65 bits per heavy atom. The van der Waals surface area contributed by atoms with Crippen LogP contribution in [0.15, 0.2) is 24.3 Å². The van der Waals surface area contributed by atoms with Gasteiger partial charge in [-0.15, -0.1) is 0 Å². The summed E-state index contributed by atoms with van der Waals surface area (Å²) in [5.41, 5.74) is 2.19. The van der Waals surface area contributed by atoms with Crippen LogP contribution in [-0.4, -0.2) is 18.4 Å². The van der Waals surface area contributed by atoms with Gasteiger partial charge in [0.2, 0.25) is 0 Å². The number of hydrogen-bond donors (Lipinski definition) is 1. The van der Waals surface area contributed by atoms with Crippen LogP contribution in [0.2, 0.25) is 0 Å². The third-order valence-corrected chi connectivity index (χ3v) is 4.43. The maximum Gasteiger partial charge on any atom is 0.164 e. The van der Waals surface area contributed by atoms with E-state index in [4.69, 9.17) is 0 Å². The van der Waals surface area contributed by atoms with Crippen molar-refractivity contribution in [3.05, 3.63) is 35.4 Å². The fourth-order valence-corrected chi connectivity index (χ4v) is 3.11. The number of carbonyl (C=O) groups excluding carboxylic acids is 1. The van der Waals surface area contributed by atoms with Gasteiger partial charge in [-0.25, -0.2) is 0 Å². The van der Waals surface area contributed by atoms with Crippen molar-refractivity contribution in [3.8, 4) is 0 Å². The second-order valence-corrected chi connectivity index (χ2v) is 6.02. The Hall–Kier alpha value is -1.15. The van der Waals surface area contributed by atoms with Crippen LogP contribution >= 0.6 is 0 Å². The molecular weight excluding hydrogens is 246 g/mol. The zero-order valence-electron chi connectivity index (χ0n) is 12.8. The molecule has 1 aliphatic rings. The molecule has 20 heavy (non-hydrogen) atoms. The van der Waals surface area contributed by atoms with Gasteiger partial charge in [0.05, 0.1) is 0 Å². The summed E-state index contributed by atoms with van der Waals surface area (Å²) in [5.74, 6) is 1.07. The average Bonchev–Trinajstić information content (AvgIpc) is 2.48. The van der Waals surface area contributed by atoms with Gasteiger partial charge in [-0.1, -0.05) is 51.0 Å². The predicted molar refractivity (Wildman–Crippen MR) is 84.2 cm³/mol. The Morgan fingerprint density at radius 1 is 1.25 bits per heavy atom. The van der Waals surface area contributed by atoms with E-state index in [1.165, 1.54) is 18.4 Å². The van der Waals surface area contributed by atoms with Gasteiger partial charge in [0.15, 0.2) is 5.78 Å². The van der Waals surface area contributed by atoms with Crippen LogP contribution in [-0.2, 0) is 6.42 Å². The SMILES string of the molecule is CCCc1ccc(C(=O)CC2CC(CC)CCN2)cc1. The first-order chi connectivity index (χ1) is 9.72. The van der Waals surface area contributed by atoms with E-state index in [0.717, 1.165) is 37.3 Å². The molecule has 1 aliphatic heterocycles. The van der Waals surface area contributed by atoms with E-state index >= 15 is 0 Å². The smallest absolute Gasteiger partial charge is 0.164 e. The van der Waals surface area contributed by atoms with Crippen LogP contribution < -0.4 is 5.32 Å². The second kappa shape index (κ2) is 7.58. The number of carbonyl (C=O) groups is 1. The molecule has 0 amide bonds. The van der Waals surface area contributed by atoms with Gasteiger partial charge in [0.25, 0.3) is 0 Å². The highest BCUT2D eigenvalue weighted by Crippen LogP contribution is 2.22. The molecule has 1 aromatic rings. The Labute approximate surface area is 123 Å². The van der Waals surface area contributed by atoms with Gasteiger partial charge in [0.1, 0.15) is 0 Å². The summed E-state index contributed by atoms with van der Waals surface area (Å²) < 4.78 is 0. The molecule has 1 N–H and O–H groups in total. The number of hydrogen-bond acceptors (Lipinski definition) is 2. The van der Waals surface area contributed by atoms with Crippen LogP contribution in [0.5, 0.6) is 0 Å². The lowest BCUT2D eigenvalue weighted by Crippen LogP contribution is -2.39. The number of nitrogens with one attached hydrogen (secondary N) is 1. The van der Waals surface area contributed by atoms with Crippen LogP contribution in [0.3, 0.4) is 0 Å². The summed E-state index contributed by atoms with van der Waals surface area (Å²) in [5, 5.41) is 3.49. The number of benzene rings is 1. The summed E-state index contributed by atoms with van der Waals surface area (Å²) in [6, 6.07) is 8.55. The van der Waals surface area contributed by atoms with Crippen LogP contribution in [0.4, 0.5) is 0 Å². The van der Waals surface area contributed by atoms with E-state index in [2.05, 4.69) is 31.3 Å². The lowest BCUT2D eigenvalue weighted by Gasteiger charge is -2.29. The molecule has 0 spiro atoms. The summed E-state index contributed by atoms with van der Waals surface area (Å²) in [4.78, 5) is 12.3. The number of ketones is 1. The predicted octanol–water partition coefficient (Wildman–Crippen LogP) is 3.99. The van der Waals surface area contributed by atoms with Crippen molar-refractivity contribution in [1.82, 2.24) is 5.32 Å². The van der Waals surface area contributed by atoms with Crippen molar-refractivity contribution in [2.75, 3.05) is 6.54 Å². The summed E-state index contributed by atoms with van der Waals surface area (Å²) in [7, 11) is 0. The molecule has 0 bridgehead atoms. The third-order valence-electron chi connectivity index (χ3n) is 4.43. The summed E-state index contributed by atoms with van der Waals surface area (Å²) in [6.45, 7) is 5.49. The zero-order chi connectivity index (χ0) is 14.4.